The normalized spacial score (nSPS) is 10.3. The molecule has 0 radical (unpaired) electrons. The number of hydrogen-bond donors (Lipinski definition) is 2. The minimum atomic E-state index is -0.529. The predicted molar refractivity (Wildman–Crippen MR) is 91.5 cm³/mol. The number of benzene rings is 3. The van der Waals surface area contributed by atoms with Crippen molar-refractivity contribution in [3.05, 3.63) is 78.1 Å². The maximum absolute atomic E-state index is 12.8. The second-order valence-electron chi connectivity index (χ2n) is 5.31. The van der Waals surface area contributed by atoms with E-state index in [1.807, 2.05) is 30.3 Å². The van der Waals surface area contributed by atoms with Gasteiger partial charge in [-0.05, 0) is 47.2 Å². The number of nitrogens with one attached hydrogen (secondary N) is 2. The molecular weight excluding hydrogens is 323 g/mol. The number of rotatable bonds is 4. The van der Waals surface area contributed by atoms with Crippen LogP contribution < -0.4 is 15.6 Å². The molecule has 3 aromatic rings. The summed E-state index contributed by atoms with van der Waals surface area (Å²) in [6.45, 7) is -0.302. The van der Waals surface area contributed by atoms with Gasteiger partial charge in [0.25, 0.3) is 11.8 Å². The summed E-state index contributed by atoms with van der Waals surface area (Å²) in [5, 5.41) is 1.96. The van der Waals surface area contributed by atoms with E-state index in [4.69, 9.17) is 4.74 Å². The SMILES string of the molecule is O=C(COc1ccc(F)cc1)NNC(=O)c1ccc2ccccc2c1. The average Bonchev–Trinajstić information content (AvgIpc) is 2.65. The van der Waals surface area contributed by atoms with E-state index in [9.17, 15) is 14.0 Å². The van der Waals surface area contributed by atoms with E-state index < -0.39 is 11.8 Å². The Kier molecular flexibility index (Phi) is 4.89. The van der Waals surface area contributed by atoms with Crippen LogP contribution in [0.4, 0.5) is 4.39 Å². The summed E-state index contributed by atoms with van der Waals surface area (Å²) in [4.78, 5) is 23.8. The third-order valence-electron chi connectivity index (χ3n) is 3.51. The summed E-state index contributed by atoms with van der Waals surface area (Å²) in [5.41, 5.74) is 5.03. The van der Waals surface area contributed by atoms with Gasteiger partial charge in [-0.15, -0.1) is 0 Å². The van der Waals surface area contributed by atoms with Gasteiger partial charge in [-0.3, -0.25) is 20.4 Å². The first kappa shape index (κ1) is 16.4. The fourth-order valence-corrected chi connectivity index (χ4v) is 2.24. The summed E-state index contributed by atoms with van der Waals surface area (Å²) in [6, 6.07) is 18.2. The maximum atomic E-state index is 12.8. The summed E-state index contributed by atoms with van der Waals surface area (Å²) >= 11 is 0. The van der Waals surface area contributed by atoms with Crippen molar-refractivity contribution < 1.29 is 18.7 Å². The highest BCUT2D eigenvalue weighted by Gasteiger charge is 2.08. The van der Waals surface area contributed by atoms with E-state index in [0.717, 1.165) is 10.8 Å². The van der Waals surface area contributed by atoms with Crippen LogP contribution in [0.3, 0.4) is 0 Å². The fraction of sp³-hybridized carbons (Fsp3) is 0.0526. The number of hydrazine groups is 1. The molecule has 0 saturated carbocycles. The van der Waals surface area contributed by atoms with Gasteiger partial charge in [0.2, 0.25) is 0 Å². The second-order valence-corrected chi connectivity index (χ2v) is 5.31. The highest BCUT2D eigenvalue weighted by Crippen LogP contribution is 2.15. The highest BCUT2D eigenvalue weighted by atomic mass is 19.1. The lowest BCUT2D eigenvalue weighted by Gasteiger charge is -2.09. The Hall–Kier alpha value is -3.41. The molecule has 0 bridgehead atoms. The molecule has 126 valence electrons. The minimum Gasteiger partial charge on any atom is -0.484 e. The number of amides is 2. The van der Waals surface area contributed by atoms with Gasteiger partial charge in [-0.25, -0.2) is 4.39 Å². The van der Waals surface area contributed by atoms with Crippen molar-refractivity contribution in [2.75, 3.05) is 6.61 Å². The first-order valence-corrected chi connectivity index (χ1v) is 7.58. The first-order valence-electron chi connectivity index (χ1n) is 7.58. The van der Waals surface area contributed by atoms with Gasteiger partial charge in [0.05, 0.1) is 0 Å². The average molecular weight is 338 g/mol. The highest BCUT2D eigenvalue weighted by molar-refractivity contribution is 5.99. The monoisotopic (exact) mass is 338 g/mol. The summed E-state index contributed by atoms with van der Waals surface area (Å²) < 4.78 is 18.0. The zero-order chi connectivity index (χ0) is 17.6. The first-order chi connectivity index (χ1) is 12.1. The minimum absolute atomic E-state index is 0.302. The van der Waals surface area contributed by atoms with Crippen LogP contribution in [0.2, 0.25) is 0 Å². The maximum Gasteiger partial charge on any atom is 0.276 e. The Balaban J connectivity index is 1.52. The number of halogens is 1. The van der Waals surface area contributed by atoms with Crippen molar-refractivity contribution in [1.82, 2.24) is 10.9 Å². The topological polar surface area (TPSA) is 67.4 Å². The zero-order valence-electron chi connectivity index (χ0n) is 13.2. The van der Waals surface area contributed by atoms with Crippen molar-refractivity contribution >= 4 is 22.6 Å². The molecule has 0 unspecified atom stereocenters. The van der Waals surface area contributed by atoms with E-state index in [1.54, 1.807) is 12.1 Å². The molecule has 0 heterocycles. The standard InChI is InChI=1S/C19H15FN2O3/c20-16-7-9-17(10-8-16)25-12-18(23)21-22-19(24)15-6-5-13-3-1-2-4-14(13)11-15/h1-11H,12H2,(H,21,23)(H,22,24). The number of ether oxygens (including phenoxy) is 1. The van der Waals surface area contributed by atoms with Crippen molar-refractivity contribution in [3.8, 4) is 5.75 Å². The van der Waals surface area contributed by atoms with E-state index in [1.165, 1.54) is 24.3 Å². The number of carbonyl (C=O) groups excluding carboxylic acids is 2. The van der Waals surface area contributed by atoms with Crippen LogP contribution in [-0.4, -0.2) is 18.4 Å². The van der Waals surface area contributed by atoms with Crippen LogP contribution in [0.25, 0.3) is 10.8 Å². The number of fused-ring (bicyclic) bond motifs is 1. The molecule has 6 heteroatoms. The van der Waals surface area contributed by atoms with Crippen molar-refractivity contribution in [2.24, 2.45) is 0 Å². The van der Waals surface area contributed by atoms with Crippen molar-refractivity contribution in [1.29, 1.82) is 0 Å². The Morgan fingerprint density at radius 2 is 1.60 bits per heavy atom. The molecule has 2 amide bonds. The Morgan fingerprint density at radius 3 is 2.36 bits per heavy atom. The lowest BCUT2D eigenvalue weighted by atomic mass is 10.1. The smallest absolute Gasteiger partial charge is 0.276 e. The number of carbonyl (C=O) groups is 2. The third kappa shape index (κ3) is 4.32. The molecule has 0 fully saturated rings. The lowest BCUT2D eigenvalue weighted by molar-refractivity contribution is -0.123. The van der Waals surface area contributed by atoms with Crippen LogP contribution in [-0.2, 0) is 4.79 Å². The van der Waals surface area contributed by atoms with Crippen molar-refractivity contribution in [3.63, 3.8) is 0 Å². The molecule has 0 aromatic heterocycles. The van der Waals surface area contributed by atoms with Gasteiger partial charge in [0.15, 0.2) is 6.61 Å². The summed E-state index contributed by atoms with van der Waals surface area (Å²) in [7, 11) is 0. The van der Waals surface area contributed by atoms with E-state index in [2.05, 4.69) is 10.9 Å². The van der Waals surface area contributed by atoms with Crippen molar-refractivity contribution in [2.45, 2.75) is 0 Å². The third-order valence-corrected chi connectivity index (χ3v) is 3.51. The molecule has 0 aliphatic rings. The van der Waals surface area contributed by atoms with Crippen LogP contribution in [0.15, 0.2) is 66.7 Å². The van der Waals surface area contributed by atoms with Gasteiger partial charge < -0.3 is 4.74 Å². The fourth-order valence-electron chi connectivity index (χ4n) is 2.24. The molecule has 0 spiro atoms. The van der Waals surface area contributed by atoms with Crippen LogP contribution in [0, 0.1) is 5.82 Å². The second kappa shape index (κ2) is 7.44. The van der Waals surface area contributed by atoms with Gasteiger partial charge in [-0.2, -0.15) is 0 Å². The molecule has 5 nitrogen and oxygen atoms in total. The van der Waals surface area contributed by atoms with E-state index >= 15 is 0 Å². The lowest BCUT2D eigenvalue weighted by Crippen LogP contribution is -2.43. The zero-order valence-corrected chi connectivity index (χ0v) is 13.2. The Labute approximate surface area is 143 Å². The van der Waals surface area contributed by atoms with E-state index in [0.29, 0.717) is 11.3 Å². The summed E-state index contributed by atoms with van der Waals surface area (Å²) in [6.07, 6.45) is 0. The van der Waals surface area contributed by atoms with Gasteiger partial charge >= 0.3 is 0 Å². The Bertz CT molecular complexity index is 910. The van der Waals surface area contributed by atoms with Crippen LogP contribution >= 0.6 is 0 Å². The van der Waals surface area contributed by atoms with Crippen LogP contribution in [0.1, 0.15) is 10.4 Å². The predicted octanol–water partition coefficient (Wildman–Crippen LogP) is 2.82. The van der Waals surface area contributed by atoms with Gasteiger partial charge in [0, 0.05) is 5.56 Å². The molecular formula is C19H15FN2O3. The molecule has 3 rings (SSSR count). The summed E-state index contributed by atoms with van der Waals surface area (Å²) in [5.74, 6) is -0.990. The molecule has 3 aromatic carbocycles. The number of hydrogen-bond acceptors (Lipinski definition) is 3. The van der Waals surface area contributed by atoms with Gasteiger partial charge in [-0.1, -0.05) is 30.3 Å². The molecule has 0 atom stereocenters. The quantitative estimate of drug-likeness (QED) is 0.719. The van der Waals surface area contributed by atoms with Crippen LogP contribution in [0.5, 0.6) is 5.75 Å². The van der Waals surface area contributed by atoms with E-state index in [-0.39, 0.29) is 12.4 Å². The molecule has 0 aliphatic carbocycles. The molecule has 0 saturated heterocycles. The largest absolute Gasteiger partial charge is 0.484 e. The Morgan fingerprint density at radius 1 is 0.880 bits per heavy atom. The molecule has 0 aliphatic heterocycles. The van der Waals surface area contributed by atoms with Gasteiger partial charge in [0.1, 0.15) is 11.6 Å². The molecule has 25 heavy (non-hydrogen) atoms. The molecule has 2 N–H and O–H groups in total.